The van der Waals surface area contributed by atoms with E-state index in [2.05, 4.69) is 0 Å². The summed E-state index contributed by atoms with van der Waals surface area (Å²) in [4.78, 5) is 26.8. The molecule has 1 heterocycles. The highest BCUT2D eigenvalue weighted by atomic mass is 16.2. The molecule has 0 N–H and O–H groups in total. The summed E-state index contributed by atoms with van der Waals surface area (Å²) in [6, 6.07) is 0.509. The van der Waals surface area contributed by atoms with Crippen LogP contribution in [-0.4, -0.2) is 53.7 Å². The average Bonchev–Trinajstić information content (AvgIpc) is 2.91. The predicted octanol–water partition coefficient (Wildman–Crippen LogP) is 0.272. The van der Waals surface area contributed by atoms with Crippen molar-refractivity contribution in [3.8, 4) is 0 Å². The van der Waals surface area contributed by atoms with Gasteiger partial charge >= 0.3 is 0 Å². The first kappa shape index (κ1) is 10.6. The molecule has 0 atom stereocenters. The van der Waals surface area contributed by atoms with E-state index in [4.69, 9.17) is 0 Å². The van der Waals surface area contributed by atoms with Gasteiger partial charge < -0.3 is 4.90 Å². The molecule has 0 aromatic rings. The minimum atomic E-state index is 0.141. The van der Waals surface area contributed by atoms with Crippen molar-refractivity contribution in [2.75, 3.05) is 26.2 Å². The molecular formula is C11H18N2O2. The molecule has 0 unspecified atom stereocenters. The molecule has 0 spiro atoms. The van der Waals surface area contributed by atoms with Crippen LogP contribution in [0, 0.1) is 0 Å². The lowest BCUT2D eigenvalue weighted by molar-refractivity contribution is -0.132. The second-order valence-corrected chi connectivity index (χ2v) is 4.58. The molecule has 0 aromatic carbocycles. The van der Waals surface area contributed by atoms with Gasteiger partial charge in [-0.15, -0.1) is 0 Å². The Labute approximate surface area is 90.2 Å². The van der Waals surface area contributed by atoms with Gasteiger partial charge in [0, 0.05) is 19.1 Å². The van der Waals surface area contributed by atoms with Crippen LogP contribution in [0.4, 0.5) is 0 Å². The summed E-state index contributed by atoms with van der Waals surface area (Å²) in [7, 11) is 0. The van der Waals surface area contributed by atoms with Gasteiger partial charge in [0.25, 0.3) is 0 Å². The first-order chi connectivity index (χ1) is 7.16. The third kappa shape index (κ3) is 2.78. The fourth-order valence-corrected chi connectivity index (χ4v) is 2.17. The lowest BCUT2D eigenvalue weighted by Crippen LogP contribution is -2.39. The van der Waals surface area contributed by atoms with Crippen LogP contribution in [-0.2, 0) is 9.59 Å². The molecule has 2 aliphatic rings. The SMILES string of the molecule is CC(=O)CN1CCCN(C2CC2)C(=O)C1. The molecular weight excluding hydrogens is 192 g/mol. The smallest absolute Gasteiger partial charge is 0.237 e. The molecule has 1 amide bonds. The molecule has 0 aromatic heterocycles. The van der Waals surface area contributed by atoms with Gasteiger partial charge in [-0.25, -0.2) is 0 Å². The standard InChI is InChI=1S/C11H18N2O2/c1-9(14)7-12-5-2-6-13(10-3-4-10)11(15)8-12/h10H,2-8H2,1H3. The van der Waals surface area contributed by atoms with Gasteiger partial charge in [0.15, 0.2) is 0 Å². The maximum atomic E-state index is 11.9. The van der Waals surface area contributed by atoms with E-state index in [9.17, 15) is 9.59 Å². The summed E-state index contributed by atoms with van der Waals surface area (Å²) in [6.07, 6.45) is 3.33. The molecule has 1 saturated carbocycles. The zero-order chi connectivity index (χ0) is 10.8. The predicted molar refractivity (Wildman–Crippen MR) is 56.5 cm³/mol. The van der Waals surface area contributed by atoms with E-state index in [1.807, 2.05) is 9.80 Å². The van der Waals surface area contributed by atoms with Crippen molar-refractivity contribution in [1.29, 1.82) is 0 Å². The fourth-order valence-electron chi connectivity index (χ4n) is 2.17. The Morgan fingerprint density at radius 3 is 2.73 bits per heavy atom. The maximum absolute atomic E-state index is 11.9. The van der Waals surface area contributed by atoms with Crippen LogP contribution in [0.5, 0.6) is 0 Å². The molecule has 0 bridgehead atoms. The normalized spacial score (nSPS) is 24.1. The van der Waals surface area contributed by atoms with Gasteiger partial charge in [-0.3, -0.25) is 14.5 Å². The molecule has 1 aliphatic carbocycles. The summed E-state index contributed by atoms with van der Waals surface area (Å²) < 4.78 is 0. The van der Waals surface area contributed by atoms with E-state index in [1.54, 1.807) is 6.92 Å². The van der Waals surface area contributed by atoms with Gasteiger partial charge in [-0.1, -0.05) is 0 Å². The van der Waals surface area contributed by atoms with E-state index in [0.29, 0.717) is 19.1 Å². The third-order valence-electron chi connectivity index (χ3n) is 2.99. The van der Waals surface area contributed by atoms with Crippen LogP contribution >= 0.6 is 0 Å². The van der Waals surface area contributed by atoms with Crippen LogP contribution in [0.3, 0.4) is 0 Å². The molecule has 4 heteroatoms. The number of nitrogens with zero attached hydrogens (tertiary/aromatic N) is 2. The monoisotopic (exact) mass is 210 g/mol. The second-order valence-electron chi connectivity index (χ2n) is 4.58. The number of Topliss-reactive ketones (excluding diaryl/α,β-unsaturated/α-hetero) is 1. The Bertz CT molecular complexity index is 274. The summed E-state index contributed by atoms with van der Waals surface area (Å²) >= 11 is 0. The summed E-state index contributed by atoms with van der Waals surface area (Å²) in [5.41, 5.74) is 0. The Morgan fingerprint density at radius 1 is 1.40 bits per heavy atom. The average molecular weight is 210 g/mol. The number of hydrogen-bond acceptors (Lipinski definition) is 3. The lowest BCUT2D eigenvalue weighted by Gasteiger charge is -2.20. The molecule has 0 radical (unpaired) electrons. The minimum Gasteiger partial charge on any atom is -0.339 e. The van der Waals surface area contributed by atoms with Crippen molar-refractivity contribution in [3.63, 3.8) is 0 Å². The maximum Gasteiger partial charge on any atom is 0.237 e. The van der Waals surface area contributed by atoms with Gasteiger partial charge in [-0.2, -0.15) is 0 Å². The number of ketones is 1. The van der Waals surface area contributed by atoms with E-state index in [1.165, 1.54) is 12.8 Å². The molecule has 2 rings (SSSR count). The number of amides is 1. The number of carbonyl (C=O) groups is 2. The molecule has 1 aliphatic heterocycles. The van der Waals surface area contributed by atoms with Gasteiger partial charge in [0.1, 0.15) is 5.78 Å². The summed E-state index contributed by atoms with van der Waals surface area (Å²) in [6.45, 7) is 4.17. The van der Waals surface area contributed by atoms with Crippen LogP contribution in [0.15, 0.2) is 0 Å². The van der Waals surface area contributed by atoms with E-state index in [0.717, 1.165) is 19.5 Å². The first-order valence-corrected chi connectivity index (χ1v) is 5.68. The van der Waals surface area contributed by atoms with E-state index < -0.39 is 0 Å². The quantitative estimate of drug-likeness (QED) is 0.671. The Hall–Kier alpha value is -0.900. The Morgan fingerprint density at radius 2 is 2.13 bits per heavy atom. The lowest BCUT2D eigenvalue weighted by atomic mass is 10.3. The van der Waals surface area contributed by atoms with E-state index >= 15 is 0 Å². The largest absolute Gasteiger partial charge is 0.339 e. The Balaban J connectivity index is 1.92. The van der Waals surface area contributed by atoms with Crippen LogP contribution in [0.1, 0.15) is 26.2 Å². The van der Waals surface area contributed by atoms with Gasteiger partial charge in [0.05, 0.1) is 13.1 Å². The minimum absolute atomic E-state index is 0.141. The highest BCUT2D eigenvalue weighted by Crippen LogP contribution is 2.27. The van der Waals surface area contributed by atoms with Crippen molar-refractivity contribution < 1.29 is 9.59 Å². The highest BCUT2D eigenvalue weighted by molar-refractivity contribution is 5.81. The van der Waals surface area contributed by atoms with Crippen LogP contribution in [0.2, 0.25) is 0 Å². The first-order valence-electron chi connectivity index (χ1n) is 5.68. The van der Waals surface area contributed by atoms with Crippen molar-refractivity contribution >= 4 is 11.7 Å². The molecule has 4 nitrogen and oxygen atoms in total. The number of rotatable bonds is 3. The summed E-state index contributed by atoms with van der Waals surface area (Å²) in [5, 5.41) is 0. The topological polar surface area (TPSA) is 40.6 Å². The fraction of sp³-hybridized carbons (Fsp3) is 0.818. The highest BCUT2D eigenvalue weighted by Gasteiger charge is 2.34. The zero-order valence-electron chi connectivity index (χ0n) is 9.24. The van der Waals surface area contributed by atoms with Crippen molar-refractivity contribution in [1.82, 2.24) is 9.80 Å². The van der Waals surface area contributed by atoms with Crippen molar-refractivity contribution in [3.05, 3.63) is 0 Å². The van der Waals surface area contributed by atoms with Crippen molar-refractivity contribution in [2.45, 2.75) is 32.2 Å². The molecule has 1 saturated heterocycles. The van der Waals surface area contributed by atoms with Gasteiger partial charge in [-0.05, 0) is 26.2 Å². The second kappa shape index (κ2) is 4.31. The summed E-state index contributed by atoms with van der Waals surface area (Å²) in [5.74, 6) is 0.346. The molecule has 84 valence electrons. The van der Waals surface area contributed by atoms with Gasteiger partial charge in [0.2, 0.25) is 5.91 Å². The number of hydrogen-bond donors (Lipinski definition) is 0. The number of carbonyl (C=O) groups excluding carboxylic acids is 2. The van der Waals surface area contributed by atoms with Crippen LogP contribution in [0.25, 0.3) is 0 Å². The zero-order valence-corrected chi connectivity index (χ0v) is 9.24. The van der Waals surface area contributed by atoms with Crippen LogP contribution < -0.4 is 0 Å². The molecule has 15 heavy (non-hydrogen) atoms. The van der Waals surface area contributed by atoms with E-state index in [-0.39, 0.29) is 11.7 Å². The Kier molecular flexibility index (Phi) is 3.05. The molecule has 2 fully saturated rings. The van der Waals surface area contributed by atoms with Crippen molar-refractivity contribution in [2.24, 2.45) is 0 Å². The third-order valence-corrected chi connectivity index (χ3v) is 2.99.